The molecule has 0 radical (unpaired) electrons. The zero-order chi connectivity index (χ0) is 12.8. The molecule has 0 amide bonds. The molecule has 18 heavy (non-hydrogen) atoms. The fourth-order valence-electron chi connectivity index (χ4n) is 1.64. The standard InChI is InChI=1S/C14H23NO2S/c1-11(2)17-8-7-16-10-14-6-5-13(18-14)9-15-12-3-4-12/h5-6,11-12,15H,3-4,7-10H2,1-2H3. The van der Waals surface area contributed by atoms with Crippen molar-refractivity contribution < 1.29 is 9.47 Å². The Hall–Kier alpha value is -0.420. The lowest BCUT2D eigenvalue weighted by atomic mass is 10.4. The molecule has 1 fully saturated rings. The molecular formula is C14H23NO2S. The molecule has 102 valence electrons. The van der Waals surface area contributed by atoms with Crippen LogP contribution in [0.25, 0.3) is 0 Å². The van der Waals surface area contributed by atoms with Crippen LogP contribution in [0.1, 0.15) is 36.4 Å². The van der Waals surface area contributed by atoms with Crippen molar-refractivity contribution in [2.75, 3.05) is 13.2 Å². The summed E-state index contributed by atoms with van der Waals surface area (Å²) in [5.74, 6) is 0. The lowest BCUT2D eigenvalue weighted by molar-refractivity contribution is 0.0149. The Morgan fingerprint density at radius 3 is 2.78 bits per heavy atom. The Balaban J connectivity index is 1.57. The summed E-state index contributed by atoms with van der Waals surface area (Å²) in [6.07, 6.45) is 2.98. The Morgan fingerprint density at radius 2 is 2.06 bits per heavy atom. The minimum Gasteiger partial charge on any atom is -0.376 e. The second-order valence-corrected chi connectivity index (χ2v) is 6.25. The van der Waals surface area contributed by atoms with E-state index in [1.165, 1.54) is 22.6 Å². The number of hydrogen-bond donors (Lipinski definition) is 1. The summed E-state index contributed by atoms with van der Waals surface area (Å²) in [4.78, 5) is 2.70. The van der Waals surface area contributed by atoms with Crippen molar-refractivity contribution in [1.82, 2.24) is 5.32 Å². The van der Waals surface area contributed by atoms with Crippen molar-refractivity contribution in [2.24, 2.45) is 0 Å². The molecule has 1 saturated carbocycles. The third-order valence-corrected chi connectivity index (χ3v) is 3.84. The van der Waals surface area contributed by atoms with E-state index in [1.54, 1.807) is 0 Å². The van der Waals surface area contributed by atoms with Gasteiger partial charge in [-0.1, -0.05) is 0 Å². The van der Waals surface area contributed by atoms with E-state index in [9.17, 15) is 0 Å². The van der Waals surface area contributed by atoms with Crippen molar-refractivity contribution in [3.8, 4) is 0 Å². The van der Waals surface area contributed by atoms with Crippen LogP contribution in [-0.2, 0) is 22.6 Å². The molecule has 1 aromatic heterocycles. The quantitative estimate of drug-likeness (QED) is 0.699. The predicted molar refractivity (Wildman–Crippen MR) is 74.9 cm³/mol. The largest absolute Gasteiger partial charge is 0.376 e. The second-order valence-electron chi connectivity index (χ2n) is 5.00. The minimum atomic E-state index is 0.287. The number of ether oxygens (including phenoxy) is 2. The summed E-state index contributed by atoms with van der Waals surface area (Å²) in [7, 11) is 0. The summed E-state index contributed by atoms with van der Waals surface area (Å²) in [5.41, 5.74) is 0. The molecule has 1 aliphatic carbocycles. The van der Waals surface area contributed by atoms with Crippen LogP contribution in [-0.4, -0.2) is 25.4 Å². The van der Waals surface area contributed by atoms with Crippen molar-refractivity contribution in [1.29, 1.82) is 0 Å². The van der Waals surface area contributed by atoms with Crippen LogP contribution in [0.5, 0.6) is 0 Å². The maximum absolute atomic E-state index is 5.59. The molecule has 0 spiro atoms. The second kappa shape index (κ2) is 7.24. The molecular weight excluding hydrogens is 246 g/mol. The van der Waals surface area contributed by atoms with Crippen LogP contribution in [0.15, 0.2) is 12.1 Å². The van der Waals surface area contributed by atoms with Crippen molar-refractivity contribution in [3.05, 3.63) is 21.9 Å². The van der Waals surface area contributed by atoms with Gasteiger partial charge in [0.05, 0.1) is 25.9 Å². The molecule has 2 rings (SSSR count). The van der Waals surface area contributed by atoms with E-state index in [2.05, 4.69) is 17.4 Å². The molecule has 1 heterocycles. The van der Waals surface area contributed by atoms with Crippen molar-refractivity contribution in [2.45, 2.75) is 52.0 Å². The Kier molecular flexibility index (Phi) is 5.63. The lowest BCUT2D eigenvalue weighted by Crippen LogP contribution is -2.14. The summed E-state index contributed by atoms with van der Waals surface area (Å²) in [6, 6.07) is 5.14. The fraction of sp³-hybridized carbons (Fsp3) is 0.714. The predicted octanol–water partition coefficient (Wildman–Crippen LogP) is 2.94. The van der Waals surface area contributed by atoms with E-state index in [1.807, 2.05) is 25.2 Å². The summed E-state index contributed by atoms with van der Waals surface area (Å²) in [5, 5.41) is 3.52. The van der Waals surface area contributed by atoms with E-state index in [4.69, 9.17) is 9.47 Å². The number of hydrogen-bond acceptors (Lipinski definition) is 4. The molecule has 1 N–H and O–H groups in total. The molecule has 0 saturated heterocycles. The first kappa shape index (κ1) is 14.0. The normalized spacial score (nSPS) is 15.5. The van der Waals surface area contributed by atoms with Crippen molar-refractivity contribution in [3.63, 3.8) is 0 Å². The molecule has 0 bridgehead atoms. The highest BCUT2D eigenvalue weighted by Gasteiger charge is 2.20. The molecule has 4 heteroatoms. The smallest absolute Gasteiger partial charge is 0.0810 e. The maximum Gasteiger partial charge on any atom is 0.0810 e. The van der Waals surface area contributed by atoms with E-state index < -0.39 is 0 Å². The highest BCUT2D eigenvalue weighted by molar-refractivity contribution is 7.11. The average Bonchev–Trinajstić information content (AvgIpc) is 3.06. The molecule has 3 nitrogen and oxygen atoms in total. The van der Waals surface area contributed by atoms with E-state index >= 15 is 0 Å². The van der Waals surface area contributed by atoms with E-state index in [-0.39, 0.29) is 6.10 Å². The zero-order valence-electron chi connectivity index (χ0n) is 11.3. The van der Waals surface area contributed by atoms with Gasteiger partial charge < -0.3 is 14.8 Å². The number of rotatable bonds is 9. The van der Waals surface area contributed by atoms with Crippen LogP contribution in [0.3, 0.4) is 0 Å². The Bertz CT molecular complexity index is 347. The molecule has 0 atom stereocenters. The zero-order valence-corrected chi connectivity index (χ0v) is 12.1. The van der Waals surface area contributed by atoms with Crippen LogP contribution in [0, 0.1) is 0 Å². The summed E-state index contributed by atoms with van der Waals surface area (Å²) >= 11 is 1.84. The van der Waals surface area contributed by atoms with Gasteiger partial charge in [0.1, 0.15) is 0 Å². The van der Waals surface area contributed by atoms with Gasteiger partial charge >= 0.3 is 0 Å². The fourth-order valence-corrected chi connectivity index (χ4v) is 2.55. The topological polar surface area (TPSA) is 30.5 Å². The summed E-state index contributed by atoms with van der Waals surface area (Å²) in [6.45, 7) is 7.14. The van der Waals surface area contributed by atoms with Gasteiger partial charge in [-0.05, 0) is 38.8 Å². The third-order valence-electron chi connectivity index (χ3n) is 2.78. The maximum atomic E-state index is 5.59. The Morgan fingerprint density at radius 1 is 1.28 bits per heavy atom. The summed E-state index contributed by atoms with van der Waals surface area (Å²) < 4.78 is 11.0. The van der Waals surface area contributed by atoms with Crippen LogP contribution >= 0.6 is 11.3 Å². The van der Waals surface area contributed by atoms with Crippen LogP contribution in [0.4, 0.5) is 0 Å². The number of thiophene rings is 1. The van der Waals surface area contributed by atoms with Gasteiger partial charge in [0, 0.05) is 22.3 Å². The number of nitrogens with one attached hydrogen (secondary N) is 1. The first-order valence-electron chi connectivity index (χ1n) is 6.74. The van der Waals surface area contributed by atoms with Gasteiger partial charge in [-0.2, -0.15) is 0 Å². The van der Waals surface area contributed by atoms with Crippen molar-refractivity contribution >= 4 is 11.3 Å². The van der Waals surface area contributed by atoms with E-state index in [0.717, 1.165) is 12.6 Å². The van der Waals surface area contributed by atoms with Gasteiger partial charge in [-0.15, -0.1) is 11.3 Å². The molecule has 1 aromatic rings. The highest BCUT2D eigenvalue weighted by atomic mass is 32.1. The molecule has 1 aliphatic rings. The van der Waals surface area contributed by atoms with Gasteiger partial charge in [0.15, 0.2) is 0 Å². The first-order chi connectivity index (χ1) is 8.74. The average molecular weight is 269 g/mol. The molecule has 0 unspecified atom stereocenters. The van der Waals surface area contributed by atoms with Gasteiger partial charge in [-0.3, -0.25) is 0 Å². The first-order valence-corrected chi connectivity index (χ1v) is 7.56. The van der Waals surface area contributed by atoms with Crippen LogP contribution < -0.4 is 5.32 Å². The highest BCUT2D eigenvalue weighted by Crippen LogP contribution is 2.22. The SMILES string of the molecule is CC(C)OCCOCc1ccc(CNC2CC2)s1. The van der Waals surface area contributed by atoms with Gasteiger partial charge in [0.25, 0.3) is 0 Å². The monoisotopic (exact) mass is 269 g/mol. The molecule has 0 aliphatic heterocycles. The molecule has 0 aromatic carbocycles. The van der Waals surface area contributed by atoms with E-state index in [0.29, 0.717) is 19.8 Å². The van der Waals surface area contributed by atoms with Gasteiger partial charge in [-0.25, -0.2) is 0 Å². The Labute approximate surface area is 113 Å². The minimum absolute atomic E-state index is 0.287. The third kappa shape index (κ3) is 5.48. The van der Waals surface area contributed by atoms with Crippen LogP contribution in [0.2, 0.25) is 0 Å². The van der Waals surface area contributed by atoms with Gasteiger partial charge in [0.2, 0.25) is 0 Å². The lowest BCUT2D eigenvalue weighted by Gasteiger charge is -2.07.